The Balaban J connectivity index is 2.18. The van der Waals surface area contributed by atoms with Gasteiger partial charge in [-0.05, 0) is 12.8 Å². The Morgan fingerprint density at radius 2 is 1.56 bits per heavy atom. The lowest BCUT2D eigenvalue weighted by atomic mass is 10.0. The van der Waals surface area contributed by atoms with E-state index in [0.717, 1.165) is 30.6 Å². The predicted molar refractivity (Wildman–Crippen MR) is 76.6 cm³/mol. The number of anilines is 1. The van der Waals surface area contributed by atoms with E-state index in [0.29, 0.717) is 5.82 Å². The average Bonchev–Trinajstić information content (AvgIpc) is 2.71. The number of aryl methyl sites for hydroxylation is 1. The van der Waals surface area contributed by atoms with Crippen molar-refractivity contribution in [2.75, 3.05) is 5.73 Å². The number of aromatic nitrogens is 1. The Hall–Kier alpha value is -0.990. The molecule has 3 nitrogen and oxygen atoms in total. The van der Waals surface area contributed by atoms with Crippen molar-refractivity contribution < 1.29 is 4.52 Å². The predicted octanol–water partition coefficient (Wildman–Crippen LogP) is 4.50. The standard InChI is InChI=1S/C15H28N2O/c1-3-5-6-7-8-9-10-12-14-13(11-4-2)15(16)17-18-14/h3-12H2,1-2H3,(H2,16,17). The van der Waals surface area contributed by atoms with Gasteiger partial charge in [0.05, 0.1) is 0 Å². The minimum atomic E-state index is 0.592. The van der Waals surface area contributed by atoms with Crippen LogP contribution in [-0.2, 0) is 12.8 Å². The summed E-state index contributed by atoms with van der Waals surface area (Å²) in [6, 6.07) is 0. The molecule has 0 atom stereocenters. The van der Waals surface area contributed by atoms with E-state index in [2.05, 4.69) is 19.0 Å². The van der Waals surface area contributed by atoms with Crippen LogP contribution in [0, 0.1) is 0 Å². The van der Waals surface area contributed by atoms with Crippen molar-refractivity contribution >= 4 is 5.82 Å². The molecule has 0 saturated heterocycles. The smallest absolute Gasteiger partial charge is 0.170 e. The van der Waals surface area contributed by atoms with Crippen LogP contribution in [0.3, 0.4) is 0 Å². The summed E-state index contributed by atoms with van der Waals surface area (Å²) >= 11 is 0. The number of rotatable bonds is 10. The van der Waals surface area contributed by atoms with E-state index in [1.54, 1.807) is 0 Å². The molecule has 0 spiro atoms. The fourth-order valence-electron chi connectivity index (χ4n) is 2.31. The molecular weight excluding hydrogens is 224 g/mol. The van der Waals surface area contributed by atoms with Gasteiger partial charge in [-0.15, -0.1) is 0 Å². The third-order valence-electron chi connectivity index (χ3n) is 3.41. The highest BCUT2D eigenvalue weighted by molar-refractivity contribution is 5.40. The fourth-order valence-corrected chi connectivity index (χ4v) is 2.31. The second-order valence-corrected chi connectivity index (χ2v) is 5.09. The molecule has 1 heterocycles. The maximum absolute atomic E-state index is 5.81. The zero-order valence-electron chi connectivity index (χ0n) is 12.0. The molecule has 2 N–H and O–H groups in total. The molecule has 0 saturated carbocycles. The van der Waals surface area contributed by atoms with Gasteiger partial charge in [0.25, 0.3) is 0 Å². The number of nitrogens with two attached hydrogens (primary N) is 1. The summed E-state index contributed by atoms with van der Waals surface area (Å²) in [5, 5.41) is 3.88. The number of nitrogens with zero attached hydrogens (tertiary/aromatic N) is 1. The monoisotopic (exact) mass is 252 g/mol. The van der Waals surface area contributed by atoms with Crippen molar-refractivity contribution in [3.05, 3.63) is 11.3 Å². The first-order chi connectivity index (χ1) is 8.79. The third kappa shape index (κ3) is 5.11. The molecule has 0 aliphatic carbocycles. The largest absolute Gasteiger partial charge is 0.381 e. The number of unbranched alkanes of at least 4 members (excludes halogenated alkanes) is 6. The van der Waals surface area contributed by atoms with Gasteiger partial charge in [0.1, 0.15) is 5.76 Å². The van der Waals surface area contributed by atoms with Gasteiger partial charge >= 0.3 is 0 Å². The first kappa shape index (κ1) is 15.1. The molecule has 1 rings (SSSR count). The van der Waals surface area contributed by atoms with Gasteiger partial charge in [0.15, 0.2) is 5.82 Å². The summed E-state index contributed by atoms with van der Waals surface area (Å²) in [4.78, 5) is 0. The van der Waals surface area contributed by atoms with Crippen LogP contribution >= 0.6 is 0 Å². The molecule has 104 valence electrons. The van der Waals surface area contributed by atoms with Gasteiger partial charge in [-0.2, -0.15) is 0 Å². The van der Waals surface area contributed by atoms with Crippen LogP contribution in [0.25, 0.3) is 0 Å². The molecule has 0 radical (unpaired) electrons. The van der Waals surface area contributed by atoms with Crippen molar-refractivity contribution in [3.8, 4) is 0 Å². The summed E-state index contributed by atoms with van der Waals surface area (Å²) in [6.45, 7) is 4.41. The average molecular weight is 252 g/mol. The normalized spacial score (nSPS) is 11.0. The summed E-state index contributed by atoms with van der Waals surface area (Å²) in [7, 11) is 0. The van der Waals surface area contributed by atoms with E-state index in [1.165, 1.54) is 44.9 Å². The Bertz CT molecular complexity index is 320. The lowest BCUT2D eigenvalue weighted by Gasteiger charge is -2.01. The summed E-state index contributed by atoms with van der Waals surface area (Å²) in [6.07, 6.45) is 12.3. The highest BCUT2D eigenvalue weighted by Crippen LogP contribution is 2.20. The quantitative estimate of drug-likeness (QED) is 0.624. The molecule has 1 aromatic rings. The van der Waals surface area contributed by atoms with Crippen LogP contribution in [0.15, 0.2) is 4.52 Å². The SMILES string of the molecule is CCCCCCCCCc1onc(N)c1CCC. The molecule has 0 unspecified atom stereocenters. The van der Waals surface area contributed by atoms with Gasteiger partial charge < -0.3 is 10.3 Å². The molecule has 3 heteroatoms. The summed E-state index contributed by atoms with van der Waals surface area (Å²) in [5.74, 6) is 1.61. The minimum Gasteiger partial charge on any atom is -0.381 e. The van der Waals surface area contributed by atoms with Crippen LogP contribution < -0.4 is 5.73 Å². The summed E-state index contributed by atoms with van der Waals surface area (Å²) in [5.41, 5.74) is 6.95. The van der Waals surface area contributed by atoms with Crippen molar-refractivity contribution in [1.82, 2.24) is 5.16 Å². The Labute approximate surface area is 111 Å². The molecule has 0 aliphatic heterocycles. The third-order valence-corrected chi connectivity index (χ3v) is 3.41. The van der Waals surface area contributed by atoms with Gasteiger partial charge in [0, 0.05) is 12.0 Å². The van der Waals surface area contributed by atoms with Crippen molar-refractivity contribution in [1.29, 1.82) is 0 Å². The highest BCUT2D eigenvalue weighted by Gasteiger charge is 2.11. The zero-order chi connectivity index (χ0) is 13.2. The van der Waals surface area contributed by atoms with Crippen LogP contribution in [0.2, 0.25) is 0 Å². The Morgan fingerprint density at radius 1 is 0.889 bits per heavy atom. The maximum Gasteiger partial charge on any atom is 0.170 e. The Kier molecular flexibility index (Phi) is 7.54. The van der Waals surface area contributed by atoms with E-state index in [9.17, 15) is 0 Å². The first-order valence-electron chi connectivity index (χ1n) is 7.52. The number of nitrogen functional groups attached to an aromatic ring is 1. The van der Waals surface area contributed by atoms with Crippen molar-refractivity contribution in [2.24, 2.45) is 0 Å². The lowest BCUT2D eigenvalue weighted by molar-refractivity contribution is 0.379. The summed E-state index contributed by atoms with van der Waals surface area (Å²) < 4.78 is 5.32. The second kappa shape index (κ2) is 9.01. The van der Waals surface area contributed by atoms with Crippen LogP contribution in [-0.4, -0.2) is 5.16 Å². The van der Waals surface area contributed by atoms with Crippen molar-refractivity contribution in [3.63, 3.8) is 0 Å². The molecule has 0 aliphatic rings. The van der Waals surface area contributed by atoms with Gasteiger partial charge in [-0.3, -0.25) is 0 Å². The van der Waals surface area contributed by atoms with Crippen molar-refractivity contribution in [2.45, 2.75) is 78.1 Å². The van der Waals surface area contributed by atoms with Crippen LogP contribution in [0.1, 0.15) is 76.5 Å². The molecule has 0 bridgehead atoms. The van der Waals surface area contributed by atoms with E-state index in [4.69, 9.17) is 10.3 Å². The highest BCUT2D eigenvalue weighted by atomic mass is 16.5. The first-order valence-corrected chi connectivity index (χ1v) is 7.52. The van der Waals surface area contributed by atoms with Gasteiger partial charge in [-0.1, -0.05) is 63.9 Å². The number of hydrogen-bond donors (Lipinski definition) is 1. The number of hydrogen-bond acceptors (Lipinski definition) is 3. The zero-order valence-corrected chi connectivity index (χ0v) is 12.0. The maximum atomic E-state index is 5.81. The molecule has 0 aromatic carbocycles. The van der Waals surface area contributed by atoms with Crippen LogP contribution in [0.4, 0.5) is 5.82 Å². The molecule has 1 aromatic heterocycles. The van der Waals surface area contributed by atoms with E-state index < -0.39 is 0 Å². The minimum absolute atomic E-state index is 0.592. The lowest BCUT2D eigenvalue weighted by Crippen LogP contribution is -1.95. The van der Waals surface area contributed by atoms with E-state index in [1.807, 2.05) is 0 Å². The van der Waals surface area contributed by atoms with Crippen LogP contribution in [0.5, 0.6) is 0 Å². The van der Waals surface area contributed by atoms with Gasteiger partial charge in [0.2, 0.25) is 0 Å². The second-order valence-electron chi connectivity index (χ2n) is 5.09. The molecule has 0 amide bonds. The van der Waals surface area contributed by atoms with E-state index >= 15 is 0 Å². The topological polar surface area (TPSA) is 52.0 Å². The van der Waals surface area contributed by atoms with Gasteiger partial charge in [-0.25, -0.2) is 0 Å². The molecule has 18 heavy (non-hydrogen) atoms. The fraction of sp³-hybridized carbons (Fsp3) is 0.800. The Morgan fingerprint density at radius 3 is 2.22 bits per heavy atom. The molecular formula is C15H28N2O. The van der Waals surface area contributed by atoms with E-state index in [-0.39, 0.29) is 0 Å². The molecule has 0 fully saturated rings.